The van der Waals surface area contributed by atoms with Crippen molar-refractivity contribution in [2.45, 2.75) is 6.42 Å². The van der Waals surface area contributed by atoms with Crippen molar-refractivity contribution in [3.63, 3.8) is 0 Å². The molecule has 0 aliphatic carbocycles. The third-order valence-corrected chi connectivity index (χ3v) is 5.16. The number of carbonyl (C=O) groups excluding carboxylic acids is 2. The Balaban J connectivity index is 1.80. The number of carboxylic acid groups (broad SMARTS) is 1. The topological polar surface area (TPSA) is 73.6 Å². The number of carbonyl (C=O) groups is 2. The minimum absolute atomic E-state index is 0.00658. The molecule has 2 heterocycles. The Morgan fingerprint density at radius 3 is 2.80 bits per heavy atom. The molecular formula is C17H11ClNO4S2-. The first-order chi connectivity index (χ1) is 12.0. The number of benzene rings is 1. The quantitative estimate of drug-likeness (QED) is 0.575. The lowest BCUT2D eigenvalue weighted by molar-refractivity contribution is -0.305. The molecule has 1 amide bonds. The number of amides is 1. The number of thioether (sulfide) groups is 1. The Kier molecular flexibility index (Phi) is 5.27. The number of aliphatic carboxylic acids is 1. The van der Waals surface area contributed by atoms with Crippen LogP contribution < -0.4 is 5.11 Å². The van der Waals surface area contributed by atoms with Crippen molar-refractivity contribution in [2.24, 2.45) is 0 Å². The van der Waals surface area contributed by atoms with Crippen molar-refractivity contribution in [3.05, 3.63) is 52.1 Å². The maximum atomic E-state index is 12.3. The molecule has 2 aromatic rings. The first-order valence-electron chi connectivity index (χ1n) is 7.25. The molecule has 3 rings (SSSR count). The highest BCUT2D eigenvalue weighted by atomic mass is 35.5. The molecule has 5 nitrogen and oxygen atoms in total. The summed E-state index contributed by atoms with van der Waals surface area (Å²) in [4.78, 5) is 24.5. The summed E-state index contributed by atoms with van der Waals surface area (Å²) in [5.74, 6) is -0.500. The smallest absolute Gasteiger partial charge is 0.266 e. The molecule has 0 unspecified atom stereocenters. The molecule has 25 heavy (non-hydrogen) atoms. The van der Waals surface area contributed by atoms with E-state index in [1.807, 2.05) is 18.2 Å². The van der Waals surface area contributed by atoms with Gasteiger partial charge >= 0.3 is 0 Å². The molecule has 0 saturated carbocycles. The minimum Gasteiger partial charge on any atom is -0.550 e. The molecule has 1 aliphatic heterocycles. The Morgan fingerprint density at radius 2 is 2.08 bits per heavy atom. The van der Waals surface area contributed by atoms with Crippen LogP contribution in [0.3, 0.4) is 0 Å². The summed E-state index contributed by atoms with van der Waals surface area (Å²) in [5, 5.41) is 11.1. The zero-order chi connectivity index (χ0) is 18.0. The second kappa shape index (κ2) is 7.43. The van der Waals surface area contributed by atoms with Crippen molar-refractivity contribution < 1.29 is 19.1 Å². The fourth-order valence-corrected chi connectivity index (χ4v) is 3.78. The van der Waals surface area contributed by atoms with Gasteiger partial charge in [0.2, 0.25) is 0 Å². The average Bonchev–Trinajstić information content (AvgIpc) is 3.12. The molecule has 1 fully saturated rings. The number of hydrogen-bond donors (Lipinski definition) is 0. The highest BCUT2D eigenvalue weighted by molar-refractivity contribution is 8.26. The van der Waals surface area contributed by atoms with Crippen LogP contribution in [0.25, 0.3) is 17.4 Å². The molecule has 8 heteroatoms. The SMILES string of the molecule is O=C([O-])CCN1C(=O)C(=Cc2ccc(-c3ccccc3Cl)o2)SC1=S. The van der Waals surface area contributed by atoms with Crippen molar-refractivity contribution >= 4 is 57.9 Å². The van der Waals surface area contributed by atoms with Gasteiger partial charge in [-0.25, -0.2) is 0 Å². The van der Waals surface area contributed by atoms with E-state index < -0.39 is 5.97 Å². The standard InChI is InChI=1S/C17H12ClNO4S2/c18-12-4-2-1-3-11(12)13-6-5-10(23-13)9-14-16(22)19(17(24)25-14)8-7-15(20)21/h1-6,9H,7-8H2,(H,20,21)/p-1. The lowest BCUT2D eigenvalue weighted by Crippen LogP contribution is -2.33. The largest absolute Gasteiger partial charge is 0.550 e. The van der Waals surface area contributed by atoms with E-state index in [1.54, 1.807) is 24.3 Å². The van der Waals surface area contributed by atoms with Crippen LogP contribution in [0, 0.1) is 0 Å². The number of rotatable bonds is 5. The molecule has 0 N–H and O–H groups in total. The van der Waals surface area contributed by atoms with E-state index in [2.05, 4.69) is 0 Å². The van der Waals surface area contributed by atoms with E-state index in [1.165, 1.54) is 4.90 Å². The molecule has 1 aromatic heterocycles. The van der Waals surface area contributed by atoms with Crippen LogP contribution >= 0.6 is 35.6 Å². The zero-order valence-electron chi connectivity index (χ0n) is 12.7. The maximum absolute atomic E-state index is 12.3. The van der Waals surface area contributed by atoms with E-state index >= 15 is 0 Å². The summed E-state index contributed by atoms with van der Waals surface area (Å²) >= 11 is 12.4. The predicted molar refractivity (Wildman–Crippen MR) is 98.7 cm³/mol. The first kappa shape index (κ1) is 17.7. The van der Waals surface area contributed by atoms with Gasteiger partial charge in [0, 0.05) is 30.6 Å². The van der Waals surface area contributed by atoms with E-state index in [0.717, 1.165) is 17.3 Å². The van der Waals surface area contributed by atoms with Crippen molar-refractivity contribution in [1.82, 2.24) is 4.90 Å². The summed E-state index contributed by atoms with van der Waals surface area (Å²) in [7, 11) is 0. The molecule has 1 aliphatic rings. The van der Waals surface area contributed by atoms with E-state index in [4.69, 9.17) is 28.2 Å². The second-order valence-electron chi connectivity index (χ2n) is 5.14. The number of furan rings is 1. The van der Waals surface area contributed by atoms with Gasteiger partial charge in [0.1, 0.15) is 15.8 Å². The van der Waals surface area contributed by atoms with Crippen LogP contribution in [0.5, 0.6) is 0 Å². The van der Waals surface area contributed by atoms with Crippen LogP contribution in [0.2, 0.25) is 5.02 Å². The summed E-state index contributed by atoms with van der Waals surface area (Å²) in [6.45, 7) is -0.00658. The van der Waals surface area contributed by atoms with Gasteiger partial charge in [-0.2, -0.15) is 0 Å². The lowest BCUT2D eigenvalue weighted by Gasteiger charge is -2.14. The van der Waals surface area contributed by atoms with E-state index in [9.17, 15) is 14.7 Å². The van der Waals surface area contributed by atoms with Crippen LogP contribution in [0.1, 0.15) is 12.2 Å². The monoisotopic (exact) mass is 392 g/mol. The van der Waals surface area contributed by atoms with Gasteiger partial charge in [-0.3, -0.25) is 9.69 Å². The number of hydrogen-bond acceptors (Lipinski definition) is 6. The lowest BCUT2D eigenvalue weighted by atomic mass is 10.2. The van der Waals surface area contributed by atoms with Gasteiger partial charge in [0.05, 0.1) is 9.93 Å². The summed E-state index contributed by atoms with van der Waals surface area (Å²) in [6, 6.07) is 10.8. The fraction of sp³-hybridized carbons (Fsp3) is 0.118. The summed E-state index contributed by atoms with van der Waals surface area (Å²) < 4.78 is 6.05. The molecule has 1 aromatic carbocycles. The van der Waals surface area contributed by atoms with Crippen LogP contribution in [0.15, 0.2) is 45.7 Å². The van der Waals surface area contributed by atoms with Crippen molar-refractivity contribution in [2.75, 3.05) is 6.54 Å². The van der Waals surface area contributed by atoms with Crippen molar-refractivity contribution in [1.29, 1.82) is 0 Å². The van der Waals surface area contributed by atoms with Gasteiger partial charge in [-0.1, -0.05) is 47.7 Å². The van der Waals surface area contributed by atoms with Gasteiger partial charge in [0.25, 0.3) is 5.91 Å². The molecule has 1 saturated heterocycles. The third-order valence-electron chi connectivity index (χ3n) is 3.45. The Morgan fingerprint density at radius 1 is 1.32 bits per heavy atom. The van der Waals surface area contributed by atoms with Gasteiger partial charge in [-0.05, 0) is 24.3 Å². The Hall–Kier alpha value is -2.09. The van der Waals surface area contributed by atoms with Gasteiger partial charge in [-0.15, -0.1) is 0 Å². The minimum atomic E-state index is -1.23. The summed E-state index contributed by atoms with van der Waals surface area (Å²) in [5.41, 5.74) is 0.755. The van der Waals surface area contributed by atoms with E-state index in [0.29, 0.717) is 25.8 Å². The average molecular weight is 393 g/mol. The predicted octanol–water partition coefficient (Wildman–Crippen LogP) is 2.94. The zero-order valence-corrected chi connectivity index (χ0v) is 15.1. The maximum Gasteiger partial charge on any atom is 0.266 e. The van der Waals surface area contributed by atoms with Crippen LogP contribution in [-0.4, -0.2) is 27.6 Å². The van der Waals surface area contributed by atoms with Gasteiger partial charge < -0.3 is 14.3 Å². The summed E-state index contributed by atoms with van der Waals surface area (Å²) in [6.07, 6.45) is 1.32. The third kappa shape index (κ3) is 3.95. The van der Waals surface area contributed by atoms with Crippen LogP contribution in [-0.2, 0) is 9.59 Å². The molecule has 0 spiro atoms. The van der Waals surface area contributed by atoms with Gasteiger partial charge in [0.15, 0.2) is 0 Å². The molecule has 0 radical (unpaired) electrons. The highest BCUT2D eigenvalue weighted by Crippen LogP contribution is 2.34. The van der Waals surface area contributed by atoms with E-state index in [-0.39, 0.29) is 18.9 Å². The Labute approximate surface area is 158 Å². The number of nitrogens with zero attached hydrogens (tertiary/aromatic N) is 1. The second-order valence-corrected chi connectivity index (χ2v) is 7.22. The first-order valence-corrected chi connectivity index (χ1v) is 8.86. The molecule has 0 atom stereocenters. The molecular weight excluding hydrogens is 382 g/mol. The number of thiocarbonyl (C=S) groups is 1. The normalized spacial score (nSPS) is 16.0. The number of carboxylic acids is 1. The molecule has 128 valence electrons. The Bertz CT molecular complexity index is 890. The van der Waals surface area contributed by atoms with Crippen molar-refractivity contribution in [3.8, 4) is 11.3 Å². The highest BCUT2D eigenvalue weighted by Gasteiger charge is 2.31. The number of halogens is 1. The fourth-order valence-electron chi connectivity index (χ4n) is 2.26. The molecule has 0 bridgehead atoms. The van der Waals surface area contributed by atoms with Crippen LogP contribution in [0.4, 0.5) is 0 Å².